The Labute approximate surface area is 27.2 Å². The molecule has 27 valence electrons. The van der Waals surface area contributed by atoms with Gasteiger partial charge in [0.1, 0.15) is 4.66 Å². The topological polar surface area (TPSA) is 74.5 Å². The van der Waals surface area contributed by atoms with Gasteiger partial charge in [0, 0.05) is 0 Å². The van der Waals surface area contributed by atoms with Crippen molar-refractivity contribution < 1.29 is 26.1 Å². The summed E-state index contributed by atoms with van der Waals surface area (Å²) in [7, 11) is 0. The van der Waals surface area contributed by atoms with Crippen LogP contribution in [0.2, 0.25) is 0 Å². The summed E-state index contributed by atoms with van der Waals surface area (Å²) in [5, 5.41) is 0. The van der Waals surface area contributed by atoms with Crippen molar-refractivity contribution >= 4 is 0 Å². The number of rotatable bonds is 0. The van der Waals surface area contributed by atoms with Crippen LogP contribution in [0.4, 0.5) is 0 Å². The maximum Gasteiger partial charge on any atom is 0.371 e. The quantitative estimate of drug-likeness (QED) is 0.331. The van der Waals surface area contributed by atoms with E-state index in [2.05, 4.69) is 0 Å². The van der Waals surface area contributed by atoms with Crippen molar-refractivity contribution in [3.63, 3.8) is 0 Å². The molecule has 0 saturated heterocycles. The van der Waals surface area contributed by atoms with Crippen LogP contribution < -0.4 is 4.66 Å². The summed E-state index contributed by atoms with van der Waals surface area (Å²) in [5.41, 5.74) is 0. The van der Waals surface area contributed by atoms with Gasteiger partial charge in [0.25, 0.3) is 0 Å². The van der Waals surface area contributed by atoms with Gasteiger partial charge in [0.2, 0.25) is 0 Å². The Bertz CT molecular complexity index is 3.25. The fraction of sp³-hybridized carbons (Fsp3) is 0. The maximum atomic E-state index is 8.24. The van der Waals surface area contributed by atoms with Crippen molar-refractivity contribution in [1.82, 2.24) is 0 Å². The molecule has 0 fully saturated rings. The first kappa shape index (κ1) is 8.90. The highest BCUT2D eigenvalue weighted by molar-refractivity contribution is 1.65. The Balaban J connectivity index is 0. The highest BCUT2D eigenvalue weighted by Crippen LogP contribution is 1.19. The van der Waals surface area contributed by atoms with Gasteiger partial charge < -0.3 is 10.1 Å². The summed E-state index contributed by atoms with van der Waals surface area (Å²) in [5.74, 6) is 0. The highest BCUT2D eigenvalue weighted by Gasteiger charge is 1.56. The Kier molecular flexibility index (Phi) is 24.3. The third kappa shape index (κ3) is 103. The third-order valence-electron chi connectivity index (χ3n) is 0. The Hall–Kier alpha value is 0.170. The lowest BCUT2D eigenvalue weighted by atomic mass is 15.9. The zero-order valence-electron chi connectivity index (χ0n) is 1.69. The Morgan fingerprint density at radius 1 is 1.75 bits per heavy atom. The van der Waals surface area contributed by atoms with Crippen LogP contribution in [0.3, 0.4) is 0 Å². The van der Waals surface area contributed by atoms with E-state index in [0.29, 0.717) is 0 Å². The van der Waals surface area contributed by atoms with Crippen LogP contribution in [-0.2, 0) is 4.66 Å². The highest BCUT2D eigenvalue weighted by atomic mass is 35.6. The summed E-state index contributed by atoms with van der Waals surface area (Å²) >= 11 is -0.417. The summed E-state index contributed by atoms with van der Waals surface area (Å²) in [6.07, 6.45) is 0. The van der Waals surface area contributed by atoms with Crippen LogP contribution in [0.15, 0.2) is 0 Å². The molecule has 0 aliphatic heterocycles. The monoisotopic (exact) mass is 85.0 g/mol. The second-order valence-electron chi connectivity index (χ2n) is 0.0630. The minimum atomic E-state index is -0.417. The van der Waals surface area contributed by atoms with E-state index >= 15 is 0 Å². The van der Waals surface area contributed by atoms with Crippen LogP contribution in [0.1, 0.15) is 0 Å². The van der Waals surface area contributed by atoms with E-state index in [9.17, 15) is 0 Å². The van der Waals surface area contributed by atoms with Gasteiger partial charge in [-0.25, -0.2) is 0 Å². The number of hydrogen-bond acceptors (Lipinski definition) is 1. The van der Waals surface area contributed by atoms with E-state index < -0.39 is 11.3 Å². The smallest absolute Gasteiger partial charge is 0.371 e. The molecular weight excluding hydrogens is 83.5 g/mol. The number of halogens is 1. The summed E-state index contributed by atoms with van der Waals surface area (Å²) in [6.45, 7) is 0. The van der Waals surface area contributed by atoms with Crippen molar-refractivity contribution in [2.24, 2.45) is 0 Å². The van der Waals surface area contributed by atoms with Crippen molar-refractivity contribution in [1.29, 1.82) is 0 Å². The molecule has 0 aliphatic rings. The van der Waals surface area contributed by atoms with Crippen molar-refractivity contribution in [2.45, 2.75) is 0 Å². The van der Waals surface area contributed by atoms with Crippen molar-refractivity contribution in [2.75, 3.05) is 0 Å². The minimum absolute atomic E-state index is 0. The number of hydrogen-bond donors (Lipinski definition) is 0. The molecule has 0 heterocycles. The predicted molar refractivity (Wildman–Crippen MR) is 4.30 cm³/mol. The molecule has 0 amide bonds. The van der Waals surface area contributed by atoms with E-state index in [1.807, 2.05) is 0 Å². The molecule has 1 radical (unpaired) electrons. The summed E-state index contributed by atoms with van der Waals surface area (Å²) < 4.78 is 16.5. The average Bonchev–Trinajstić information content (AvgIpc) is 0.918. The van der Waals surface area contributed by atoms with Gasteiger partial charge in [-0.05, 0) is 0 Å². The van der Waals surface area contributed by atoms with Crippen LogP contribution >= 0.6 is 0 Å². The average molecular weight is 85.5 g/mol. The third-order valence-corrected chi connectivity index (χ3v) is 0. The molecule has 0 saturated carbocycles. The zero-order chi connectivity index (χ0) is 2.71. The van der Waals surface area contributed by atoms with Crippen LogP contribution in [0, 0.1) is 11.3 Å². The van der Waals surface area contributed by atoms with Gasteiger partial charge in [-0.3, -0.25) is 0 Å². The molecule has 0 aromatic carbocycles. The van der Waals surface area contributed by atoms with E-state index in [-0.39, 0.29) is 5.48 Å². The van der Waals surface area contributed by atoms with Crippen LogP contribution in [-0.4, -0.2) is 5.48 Å². The first-order chi connectivity index (χ1) is 1.41. The Morgan fingerprint density at radius 3 is 1.75 bits per heavy atom. The lowest BCUT2D eigenvalue weighted by molar-refractivity contribution is -1.28. The molecule has 0 aromatic rings. The van der Waals surface area contributed by atoms with Crippen molar-refractivity contribution in [3.8, 4) is 0 Å². The zero-order valence-corrected chi connectivity index (χ0v) is 2.45. The second-order valence-corrected chi connectivity index (χ2v) is 0.189. The second kappa shape index (κ2) is 10.9. The fourth-order valence-corrected chi connectivity index (χ4v) is 0. The van der Waals surface area contributed by atoms with E-state index in [0.717, 1.165) is 0 Å². The van der Waals surface area contributed by atoms with Crippen LogP contribution in [0.5, 0.6) is 0 Å². The first-order valence-electron chi connectivity index (χ1n) is 0.309. The van der Waals surface area contributed by atoms with Gasteiger partial charge in [-0.1, -0.05) is 0 Å². The maximum absolute atomic E-state index is 8.24. The van der Waals surface area contributed by atoms with E-state index in [4.69, 9.17) is 9.32 Å². The molecule has 0 bridgehead atoms. The Morgan fingerprint density at radius 2 is 1.75 bits per heavy atom. The van der Waals surface area contributed by atoms with Crippen molar-refractivity contribution in [3.05, 3.63) is 0 Å². The van der Waals surface area contributed by atoms with Gasteiger partial charge in [-0.2, -0.15) is 0 Å². The lowest BCUT2D eigenvalue weighted by Gasteiger charge is -1.40. The molecule has 4 heavy (non-hydrogen) atoms. The molecule has 0 rings (SSSR count). The largest absolute Gasteiger partial charge is 0.503 e. The van der Waals surface area contributed by atoms with Gasteiger partial charge in [-0.15, -0.1) is 0 Å². The molecule has 4 heteroatoms. The molecule has 0 aliphatic carbocycles. The molecule has 0 unspecified atom stereocenters. The van der Waals surface area contributed by atoms with Gasteiger partial charge in [0.05, 0.1) is 0 Å². The molecule has 0 spiro atoms. The SMILES string of the molecule is O.[O][Cl+][O-]. The first-order valence-corrected chi connectivity index (χ1v) is 0.926. The lowest BCUT2D eigenvalue weighted by Crippen LogP contribution is -1.92. The summed E-state index contributed by atoms with van der Waals surface area (Å²) in [6, 6.07) is 0. The molecular formula is H2ClO3. The standard InChI is InChI=1S/ClO2.H2O/c2-1-3;/h;1H2. The van der Waals surface area contributed by atoms with E-state index in [1.54, 1.807) is 0 Å². The normalized spacial score (nSPS) is 4.50. The van der Waals surface area contributed by atoms with E-state index in [1.165, 1.54) is 0 Å². The molecule has 0 atom stereocenters. The predicted octanol–water partition coefficient (Wildman–Crippen LogP) is -2.13. The minimum Gasteiger partial charge on any atom is -0.503 e. The summed E-state index contributed by atoms with van der Waals surface area (Å²) in [4.78, 5) is 0. The fourth-order valence-electron chi connectivity index (χ4n) is 0. The van der Waals surface area contributed by atoms with Crippen LogP contribution in [0.25, 0.3) is 0 Å². The molecule has 0 aromatic heterocycles. The van der Waals surface area contributed by atoms with Gasteiger partial charge >= 0.3 is 11.3 Å². The molecule has 3 nitrogen and oxygen atoms in total. The van der Waals surface area contributed by atoms with Gasteiger partial charge in [0.15, 0.2) is 0 Å². The molecule has 2 N–H and O–H groups in total.